The van der Waals surface area contributed by atoms with E-state index in [4.69, 9.17) is 5.73 Å². The Morgan fingerprint density at radius 3 is 3.00 bits per heavy atom. The molecule has 1 aliphatic rings. The number of primary amides is 1. The molecule has 0 saturated heterocycles. The molecular weight excluding hydrogens is 262 g/mol. The standard InChI is InChI=1S/C17H19N3O/c18-17(21)14-8-2-1-5-13(14)11-20-15-9-3-6-12-7-4-10-19-16(12)15/h1-2,4-5,7-8,10,15,20H,3,6,9,11H2,(H2,18,21). The maximum Gasteiger partial charge on any atom is 0.249 e. The fourth-order valence-corrected chi connectivity index (χ4v) is 2.96. The molecule has 0 radical (unpaired) electrons. The number of pyridine rings is 1. The molecule has 1 unspecified atom stereocenters. The Morgan fingerprint density at radius 2 is 2.14 bits per heavy atom. The highest BCUT2D eigenvalue weighted by atomic mass is 16.1. The van der Waals surface area contributed by atoms with E-state index in [0.717, 1.165) is 30.5 Å². The van der Waals surface area contributed by atoms with Gasteiger partial charge in [-0.25, -0.2) is 0 Å². The second-order valence-corrected chi connectivity index (χ2v) is 5.39. The summed E-state index contributed by atoms with van der Waals surface area (Å²) < 4.78 is 0. The molecule has 1 heterocycles. The number of nitrogens with zero attached hydrogens (tertiary/aromatic N) is 1. The van der Waals surface area contributed by atoms with E-state index in [9.17, 15) is 4.79 Å². The van der Waals surface area contributed by atoms with Gasteiger partial charge in [-0.1, -0.05) is 24.3 Å². The number of nitrogens with one attached hydrogen (secondary N) is 1. The summed E-state index contributed by atoms with van der Waals surface area (Å²) in [6, 6.07) is 11.9. The Hall–Kier alpha value is -2.20. The molecule has 2 aromatic rings. The van der Waals surface area contributed by atoms with Crippen molar-refractivity contribution in [1.29, 1.82) is 0 Å². The number of fused-ring (bicyclic) bond motifs is 1. The van der Waals surface area contributed by atoms with Gasteiger partial charge in [0.1, 0.15) is 0 Å². The van der Waals surface area contributed by atoms with E-state index >= 15 is 0 Å². The molecular formula is C17H19N3O. The van der Waals surface area contributed by atoms with E-state index < -0.39 is 0 Å². The third-order valence-electron chi connectivity index (χ3n) is 4.02. The molecule has 0 spiro atoms. The lowest BCUT2D eigenvalue weighted by molar-refractivity contribution is 0.0999. The fraction of sp³-hybridized carbons (Fsp3) is 0.294. The van der Waals surface area contributed by atoms with E-state index in [1.165, 1.54) is 5.56 Å². The number of aromatic nitrogens is 1. The first-order chi connectivity index (χ1) is 10.3. The molecule has 1 atom stereocenters. The van der Waals surface area contributed by atoms with Crippen LogP contribution in [0.1, 0.15) is 46.1 Å². The van der Waals surface area contributed by atoms with Crippen LogP contribution in [0.25, 0.3) is 0 Å². The van der Waals surface area contributed by atoms with Crippen LogP contribution in [0.3, 0.4) is 0 Å². The normalized spacial score (nSPS) is 17.2. The first kappa shape index (κ1) is 13.8. The molecule has 1 aromatic heterocycles. The quantitative estimate of drug-likeness (QED) is 0.904. The van der Waals surface area contributed by atoms with Gasteiger partial charge in [-0.05, 0) is 42.5 Å². The molecule has 1 aromatic carbocycles. The van der Waals surface area contributed by atoms with Crippen LogP contribution in [0.4, 0.5) is 0 Å². The largest absolute Gasteiger partial charge is 0.366 e. The van der Waals surface area contributed by atoms with Gasteiger partial charge in [0.05, 0.1) is 11.7 Å². The zero-order valence-corrected chi connectivity index (χ0v) is 11.9. The van der Waals surface area contributed by atoms with Crippen molar-refractivity contribution in [2.24, 2.45) is 5.73 Å². The van der Waals surface area contributed by atoms with Crippen LogP contribution in [-0.4, -0.2) is 10.9 Å². The van der Waals surface area contributed by atoms with Crippen molar-refractivity contribution in [3.8, 4) is 0 Å². The topological polar surface area (TPSA) is 68.0 Å². The van der Waals surface area contributed by atoms with Gasteiger partial charge >= 0.3 is 0 Å². The average molecular weight is 281 g/mol. The molecule has 1 aliphatic carbocycles. The van der Waals surface area contributed by atoms with E-state index in [1.807, 2.05) is 30.5 Å². The van der Waals surface area contributed by atoms with Crippen LogP contribution >= 0.6 is 0 Å². The van der Waals surface area contributed by atoms with Gasteiger partial charge in [0.25, 0.3) is 0 Å². The van der Waals surface area contributed by atoms with Crippen LogP contribution in [0.2, 0.25) is 0 Å². The van der Waals surface area contributed by atoms with Crippen LogP contribution in [0, 0.1) is 0 Å². The number of rotatable bonds is 4. The Morgan fingerprint density at radius 1 is 1.29 bits per heavy atom. The molecule has 4 nitrogen and oxygen atoms in total. The predicted molar refractivity (Wildman–Crippen MR) is 81.7 cm³/mol. The van der Waals surface area contributed by atoms with E-state index in [2.05, 4.69) is 16.4 Å². The van der Waals surface area contributed by atoms with Gasteiger partial charge in [-0.15, -0.1) is 0 Å². The van der Waals surface area contributed by atoms with Crippen molar-refractivity contribution in [2.45, 2.75) is 31.8 Å². The lowest BCUT2D eigenvalue weighted by Crippen LogP contribution is -2.27. The predicted octanol–water partition coefficient (Wildman–Crippen LogP) is 2.35. The number of amides is 1. The number of carbonyl (C=O) groups excluding carboxylic acids is 1. The Kier molecular flexibility index (Phi) is 3.97. The minimum absolute atomic E-state index is 0.246. The average Bonchev–Trinajstić information content (AvgIpc) is 2.53. The molecule has 1 amide bonds. The highest BCUT2D eigenvalue weighted by molar-refractivity contribution is 5.94. The Balaban J connectivity index is 1.76. The van der Waals surface area contributed by atoms with Gasteiger partial charge in [0.15, 0.2) is 0 Å². The van der Waals surface area contributed by atoms with Gasteiger partial charge in [0, 0.05) is 18.3 Å². The lowest BCUT2D eigenvalue weighted by atomic mass is 9.91. The number of carbonyl (C=O) groups is 1. The highest BCUT2D eigenvalue weighted by Crippen LogP contribution is 2.28. The van der Waals surface area contributed by atoms with Crippen LogP contribution in [0.15, 0.2) is 42.6 Å². The van der Waals surface area contributed by atoms with E-state index in [-0.39, 0.29) is 11.9 Å². The molecule has 0 saturated carbocycles. The zero-order valence-electron chi connectivity index (χ0n) is 11.9. The third kappa shape index (κ3) is 2.95. The molecule has 3 N–H and O–H groups in total. The summed E-state index contributed by atoms with van der Waals surface area (Å²) in [5.74, 6) is -0.380. The minimum atomic E-state index is -0.380. The molecule has 4 heteroatoms. The number of benzene rings is 1. The minimum Gasteiger partial charge on any atom is -0.366 e. The Labute approximate surface area is 124 Å². The first-order valence-corrected chi connectivity index (χ1v) is 7.30. The van der Waals surface area contributed by atoms with Crippen molar-refractivity contribution < 1.29 is 4.79 Å². The summed E-state index contributed by atoms with van der Waals surface area (Å²) in [6.07, 6.45) is 5.17. The van der Waals surface area contributed by atoms with Crippen molar-refractivity contribution in [2.75, 3.05) is 0 Å². The van der Waals surface area contributed by atoms with Gasteiger partial charge in [-0.3, -0.25) is 9.78 Å². The lowest BCUT2D eigenvalue weighted by Gasteiger charge is -2.25. The molecule has 0 aliphatic heterocycles. The summed E-state index contributed by atoms with van der Waals surface area (Å²) in [5, 5.41) is 3.52. The summed E-state index contributed by atoms with van der Waals surface area (Å²) in [7, 11) is 0. The van der Waals surface area contributed by atoms with Gasteiger partial charge in [-0.2, -0.15) is 0 Å². The monoisotopic (exact) mass is 281 g/mol. The summed E-state index contributed by atoms with van der Waals surface area (Å²) >= 11 is 0. The third-order valence-corrected chi connectivity index (χ3v) is 4.02. The molecule has 3 rings (SSSR count). The SMILES string of the molecule is NC(=O)c1ccccc1CNC1CCCc2cccnc21. The second kappa shape index (κ2) is 6.06. The van der Waals surface area contributed by atoms with Crippen LogP contribution in [-0.2, 0) is 13.0 Å². The van der Waals surface area contributed by atoms with E-state index in [1.54, 1.807) is 6.07 Å². The summed E-state index contributed by atoms with van der Waals surface area (Å²) in [4.78, 5) is 16.0. The van der Waals surface area contributed by atoms with Crippen molar-refractivity contribution in [3.63, 3.8) is 0 Å². The summed E-state index contributed by atoms with van der Waals surface area (Å²) in [6.45, 7) is 0.625. The second-order valence-electron chi connectivity index (χ2n) is 5.39. The fourth-order valence-electron chi connectivity index (χ4n) is 2.96. The van der Waals surface area contributed by atoms with Crippen molar-refractivity contribution >= 4 is 5.91 Å². The maximum atomic E-state index is 11.5. The molecule has 0 bridgehead atoms. The molecule has 21 heavy (non-hydrogen) atoms. The first-order valence-electron chi connectivity index (χ1n) is 7.30. The van der Waals surface area contributed by atoms with Crippen molar-refractivity contribution in [1.82, 2.24) is 10.3 Å². The van der Waals surface area contributed by atoms with Crippen molar-refractivity contribution in [3.05, 3.63) is 65.0 Å². The number of hydrogen-bond donors (Lipinski definition) is 2. The summed E-state index contributed by atoms with van der Waals surface area (Å²) in [5.41, 5.74) is 9.41. The number of hydrogen-bond acceptors (Lipinski definition) is 3. The molecule has 108 valence electrons. The van der Waals surface area contributed by atoms with E-state index in [0.29, 0.717) is 12.1 Å². The maximum absolute atomic E-state index is 11.5. The highest BCUT2D eigenvalue weighted by Gasteiger charge is 2.21. The van der Waals surface area contributed by atoms with Crippen LogP contribution < -0.4 is 11.1 Å². The smallest absolute Gasteiger partial charge is 0.249 e. The van der Waals surface area contributed by atoms with Crippen LogP contribution in [0.5, 0.6) is 0 Å². The Bertz CT molecular complexity index is 654. The number of nitrogens with two attached hydrogens (primary N) is 1. The van der Waals surface area contributed by atoms with Gasteiger partial charge < -0.3 is 11.1 Å². The van der Waals surface area contributed by atoms with Gasteiger partial charge in [0.2, 0.25) is 5.91 Å². The molecule has 0 fully saturated rings. The zero-order chi connectivity index (χ0) is 14.7. The number of aryl methyl sites for hydroxylation is 1.